The molecule has 1 aromatic carbocycles. The van der Waals surface area contributed by atoms with Crippen molar-refractivity contribution >= 4 is 41.2 Å². The van der Waals surface area contributed by atoms with E-state index in [-0.39, 0.29) is 18.9 Å². The van der Waals surface area contributed by atoms with Gasteiger partial charge in [0, 0.05) is 30.6 Å². The summed E-state index contributed by atoms with van der Waals surface area (Å²) in [6.07, 6.45) is 3.50. The van der Waals surface area contributed by atoms with Gasteiger partial charge in [0.05, 0.1) is 13.7 Å². The lowest BCUT2D eigenvalue weighted by Gasteiger charge is -2.32. The van der Waals surface area contributed by atoms with Crippen LogP contribution in [0.4, 0.5) is 16.6 Å². The summed E-state index contributed by atoms with van der Waals surface area (Å²) in [5.41, 5.74) is 1.16. The second kappa shape index (κ2) is 9.57. The zero-order chi connectivity index (χ0) is 26.0. The first-order valence-corrected chi connectivity index (χ1v) is 11.3. The molecule has 0 bridgehead atoms. The van der Waals surface area contributed by atoms with Crippen molar-refractivity contribution in [2.75, 3.05) is 19.0 Å². The highest BCUT2D eigenvalue weighted by molar-refractivity contribution is 5.99. The number of methoxy groups -OCH3 is 1. The van der Waals surface area contributed by atoms with E-state index in [1.165, 1.54) is 7.11 Å². The van der Waals surface area contributed by atoms with Crippen molar-refractivity contribution < 1.29 is 23.5 Å². The number of hydrogen-bond acceptors (Lipinski definition) is 9. The smallest absolute Gasteiger partial charge is 0.322 e. The fourth-order valence-corrected chi connectivity index (χ4v) is 4.24. The molecule has 1 atom stereocenters. The molecule has 0 spiro atoms. The van der Waals surface area contributed by atoms with Gasteiger partial charge in [0.15, 0.2) is 5.58 Å². The molecule has 4 aromatic rings. The minimum Gasteiger partial charge on any atom is -0.497 e. The quantitative estimate of drug-likeness (QED) is 0.309. The molecule has 4 amide bonds. The number of carbonyl (C=O) groups excluding carboxylic acids is 3. The number of nitrogens with one attached hydrogen (secondary N) is 3. The Hall–Kier alpha value is -5.00. The minimum absolute atomic E-state index is 0.0674. The molecule has 0 aliphatic carbocycles. The molecule has 0 fully saturated rings. The van der Waals surface area contributed by atoms with E-state index in [0.717, 1.165) is 5.56 Å². The predicted octanol–water partition coefficient (Wildman–Crippen LogP) is 2.70. The molecular weight excluding hydrogens is 478 g/mol. The van der Waals surface area contributed by atoms with E-state index < -0.39 is 11.6 Å². The van der Waals surface area contributed by atoms with Crippen LogP contribution in [0.3, 0.4) is 0 Å². The fraction of sp³-hybridized carbons (Fsp3) is 0.200. The molecule has 1 aliphatic rings. The maximum absolute atomic E-state index is 13.2. The molecule has 0 saturated carbocycles. The molecule has 1 aliphatic heterocycles. The van der Waals surface area contributed by atoms with E-state index >= 15 is 0 Å². The van der Waals surface area contributed by atoms with Gasteiger partial charge in [-0.3, -0.25) is 14.9 Å². The van der Waals surface area contributed by atoms with Crippen LogP contribution in [0.15, 0.2) is 59.3 Å². The zero-order valence-electron chi connectivity index (χ0n) is 20.0. The van der Waals surface area contributed by atoms with Gasteiger partial charge in [0.1, 0.15) is 28.4 Å². The average Bonchev–Trinajstić information content (AvgIpc) is 3.45. The van der Waals surface area contributed by atoms with Crippen LogP contribution in [0.25, 0.3) is 11.1 Å². The first kappa shape index (κ1) is 23.7. The molecule has 4 heterocycles. The van der Waals surface area contributed by atoms with Gasteiger partial charge in [-0.15, -0.1) is 0 Å². The van der Waals surface area contributed by atoms with Crippen LogP contribution in [-0.4, -0.2) is 51.9 Å². The van der Waals surface area contributed by atoms with E-state index in [0.29, 0.717) is 46.5 Å². The summed E-state index contributed by atoms with van der Waals surface area (Å²) in [7, 11) is 1.54. The minimum atomic E-state index is -1.20. The van der Waals surface area contributed by atoms with Crippen LogP contribution < -0.4 is 20.7 Å². The third kappa shape index (κ3) is 4.76. The van der Waals surface area contributed by atoms with Crippen molar-refractivity contribution in [3.63, 3.8) is 0 Å². The van der Waals surface area contributed by atoms with E-state index in [9.17, 15) is 14.4 Å². The number of furan rings is 1. The Morgan fingerprint density at radius 1 is 1.22 bits per heavy atom. The number of anilines is 2. The topological polar surface area (TPSA) is 152 Å². The highest BCUT2D eigenvalue weighted by Crippen LogP contribution is 2.33. The molecule has 0 saturated heterocycles. The van der Waals surface area contributed by atoms with E-state index in [2.05, 4.69) is 30.9 Å². The van der Waals surface area contributed by atoms with E-state index in [4.69, 9.17) is 9.15 Å². The van der Waals surface area contributed by atoms with Crippen LogP contribution in [0.1, 0.15) is 28.6 Å². The molecule has 5 rings (SSSR count). The van der Waals surface area contributed by atoms with Crippen LogP contribution in [-0.2, 0) is 16.9 Å². The van der Waals surface area contributed by atoms with Crippen LogP contribution in [0.2, 0.25) is 0 Å². The van der Waals surface area contributed by atoms with Gasteiger partial charge in [0.25, 0.3) is 5.91 Å². The summed E-state index contributed by atoms with van der Waals surface area (Å²) in [4.78, 5) is 50.9. The van der Waals surface area contributed by atoms with Crippen molar-refractivity contribution in [3.8, 4) is 5.75 Å². The number of nitrogens with zero attached hydrogens (tertiary/aromatic N) is 4. The number of aromatic nitrogens is 3. The summed E-state index contributed by atoms with van der Waals surface area (Å²) in [6.45, 7) is 2.12. The Kier molecular flexibility index (Phi) is 6.14. The molecule has 3 N–H and O–H groups in total. The van der Waals surface area contributed by atoms with Crippen LogP contribution in [0, 0.1) is 0 Å². The van der Waals surface area contributed by atoms with Crippen molar-refractivity contribution in [2.24, 2.45) is 0 Å². The molecule has 0 radical (unpaired) electrons. The maximum atomic E-state index is 13.2. The van der Waals surface area contributed by atoms with Crippen LogP contribution >= 0.6 is 0 Å². The van der Waals surface area contributed by atoms with Gasteiger partial charge >= 0.3 is 6.03 Å². The zero-order valence-corrected chi connectivity index (χ0v) is 20.0. The Morgan fingerprint density at radius 3 is 2.78 bits per heavy atom. The number of rotatable bonds is 8. The summed E-state index contributed by atoms with van der Waals surface area (Å²) in [5, 5.41) is 7.86. The fourth-order valence-electron chi connectivity index (χ4n) is 4.24. The molecule has 12 nitrogen and oxygen atoms in total. The number of benzene rings is 1. The molecular formula is C25H23N7O5. The highest BCUT2D eigenvalue weighted by atomic mass is 16.5. The Balaban J connectivity index is 1.45. The van der Waals surface area contributed by atoms with Crippen molar-refractivity contribution in [1.82, 2.24) is 30.5 Å². The maximum Gasteiger partial charge on any atom is 0.322 e. The first-order valence-electron chi connectivity index (χ1n) is 11.3. The van der Waals surface area contributed by atoms with Crippen molar-refractivity contribution in [2.45, 2.75) is 19.0 Å². The van der Waals surface area contributed by atoms with Gasteiger partial charge in [-0.2, -0.15) is 0 Å². The average molecular weight is 502 g/mol. The van der Waals surface area contributed by atoms with Gasteiger partial charge in [-0.25, -0.2) is 19.7 Å². The molecule has 3 aromatic heterocycles. The lowest BCUT2D eigenvalue weighted by Crippen LogP contribution is -2.53. The van der Waals surface area contributed by atoms with Crippen molar-refractivity contribution in [1.29, 1.82) is 0 Å². The second-order valence-corrected chi connectivity index (χ2v) is 8.62. The molecule has 0 unspecified atom stereocenters. The summed E-state index contributed by atoms with van der Waals surface area (Å²) in [6, 6.07) is 11.4. The Morgan fingerprint density at radius 2 is 2.03 bits per heavy atom. The lowest BCUT2D eigenvalue weighted by molar-refractivity contribution is -0.108. The Bertz CT molecular complexity index is 1490. The summed E-state index contributed by atoms with van der Waals surface area (Å²) < 4.78 is 11.3. The largest absolute Gasteiger partial charge is 0.497 e. The van der Waals surface area contributed by atoms with Gasteiger partial charge in [-0.1, -0.05) is 6.07 Å². The lowest BCUT2D eigenvalue weighted by atomic mass is 9.98. The van der Waals surface area contributed by atoms with Gasteiger partial charge in [0.2, 0.25) is 12.4 Å². The molecule has 12 heteroatoms. The van der Waals surface area contributed by atoms with Gasteiger partial charge in [-0.05, 0) is 42.8 Å². The number of carbonyl (C=O) groups is 3. The SMILES string of the molecule is COc1ccc2c(c1)C(=O)N(C[C@](C)(NC(=O)NC=O)c1cc3nc(Nc4ncccn4)ccc3o1)C2. The third-order valence-electron chi connectivity index (χ3n) is 6.01. The first-order chi connectivity index (χ1) is 17.9. The second-order valence-electron chi connectivity index (χ2n) is 8.62. The summed E-state index contributed by atoms with van der Waals surface area (Å²) >= 11 is 0. The van der Waals surface area contributed by atoms with E-state index in [1.54, 1.807) is 60.6 Å². The number of fused-ring (bicyclic) bond motifs is 2. The summed E-state index contributed by atoms with van der Waals surface area (Å²) in [5.74, 6) is 1.61. The number of hydrogen-bond donors (Lipinski definition) is 3. The van der Waals surface area contributed by atoms with E-state index in [1.807, 2.05) is 6.07 Å². The molecule has 37 heavy (non-hydrogen) atoms. The number of urea groups is 1. The monoisotopic (exact) mass is 501 g/mol. The number of amides is 4. The number of imide groups is 1. The van der Waals surface area contributed by atoms with Gasteiger partial charge < -0.3 is 24.7 Å². The Labute approximate surface area is 211 Å². The highest BCUT2D eigenvalue weighted by Gasteiger charge is 2.39. The molecule has 188 valence electrons. The van der Waals surface area contributed by atoms with Crippen LogP contribution in [0.5, 0.6) is 5.75 Å². The third-order valence-corrected chi connectivity index (χ3v) is 6.01. The number of pyridine rings is 1. The van der Waals surface area contributed by atoms with Crippen molar-refractivity contribution in [3.05, 3.63) is 71.7 Å². The standard InChI is InChI=1S/C25H23N7O5/c1-25(31-24(35)28-14-33,13-32-12-15-4-5-16(36-2)10-17(15)22(32)34)20-11-18-19(37-20)6-7-21(29-18)30-23-26-8-3-9-27-23/h3-11,14H,12-13H2,1-2H3,(H,26,27,29,30)(H2,28,31,33,35)/t25-/m0/s1. The number of ether oxygens (including phenoxy) is 1. The normalized spacial score (nSPS) is 14.1. The predicted molar refractivity (Wildman–Crippen MR) is 132 cm³/mol.